The maximum Gasteiger partial charge on any atom is 0.271 e. The second-order valence-corrected chi connectivity index (χ2v) is 7.43. The Morgan fingerprint density at radius 3 is 2.54 bits per heavy atom. The van der Waals surface area contributed by atoms with Crippen molar-refractivity contribution in [2.75, 3.05) is 13.1 Å². The van der Waals surface area contributed by atoms with Crippen molar-refractivity contribution < 1.29 is 9.59 Å². The largest absolute Gasteiger partial charge is 0.369 e. The number of pyridine rings is 1. The van der Waals surface area contributed by atoms with Gasteiger partial charge in [-0.2, -0.15) is 5.10 Å². The number of amides is 2. The second kappa shape index (κ2) is 7.09. The number of carbonyl (C=O) groups is 2. The molecular weight excluding hydrogens is 378 g/mol. The molecule has 28 heavy (non-hydrogen) atoms. The van der Waals surface area contributed by atoms with Gasteiger partial charge < -0.3 is 10.6 Å². The van der Waals surface area contributed by atoms with Crippen LogP contribution in [0.3, 0.4) is 0 Å². The quantitative estimate of drug-likeness (QED) is 0.691. The molecule has 3 aromatic rings. The first-order chi connectivity index (χ1) is 13.5. The molecule has 8 heteroatoms. The van der Waals surface area contributed by atoms with Gasteiger partial charge >= 0.3 is 0 Å². The average Bonchev–Trinajstić information content (AvgIpc) is 3.16. The highest BCUT2D eigenvalue weighted by molar-refractivity contribution is 6.30. The van der Waals surface area contributed by atoms with E-state index in [2.05, 4.69) is 15.2 Å². The molecule has 0 radical (unpaired) electrons. The van der Waals surface area contributed by atoms with Crippen LogP contribution in [0.1, 0.15) is 16.1 Å². The molecule has 1 aromatic carbocycles. The molecule has 0 bridgehead atoms. The van der Waals surface area contributed by atoms with Crippen LogP contribution in [-0.4, -0.2) is 45.0 Å². The lowest BCUT2D eigenvalue weighted by molar-refractivity contribution is -0.135. The molecule has 4 rings (SSSR count). The fourth-order valence-electron chi connectivity index (χ4n) is 3.42. The molecule has 0 atom stereocenters. The number of halogens is 1. The summed E-state index contributed by atoms with van der Waals surface area (Å²) >= 11 is 5.91. The summed E-state index contributed by atoms with van der Waals surface area (Å²) in [6.07, 6.45) is 2.13. The van der Waals surface area contributed by atoms with Crippen molar-refractivity contribution in [3.8, 4) is 11.4 Å². The molecule has 7 nitrogen and oxygen atoms in total. The number of nitrogens with two attached hydrogens (primary N) is 1. The van der Waals surface area contributed by atoms with Crippen molar-refractivity contribution in [1.82, 2.24) is 20.1 Å². The normalized spacial score (nSPS) is 15.1. The van der Waals surface area contributed by atoms with Crippen LogP contribution < -0.4 is 5.73 Å². The molecule has 2 amide bonds. The second-order valence-electron chi connectivity index (χ2n) is 6.99. The number of aromatic amines is 1. The number of aromatic nitrogens is 3. The number of primary amides is 1. The number of rotatable bonds is 5. The van der Waals surface area contributed by atoms with E-state index in [1.165, 1.54) is 0 Å². The van der Waals surface area contributed by atoms with E-state index in [-0.39, 0.29) is 19.0 Å². The van der Waals surface area contributed by atoms with Gasteiger partial charge in [-0.05, 0) is 42.3 Å². The number of benzene rings is 1. The molecule has 1 fully saturated rings. The Labute approximate surface area is 166 Å². The fraction of sp³-hybridized carbons (Fsp3) is 0.200. The van der Waals surface area contributed by atoms with Crippen molar-refractivity contribution in [2.24, 2.45) is 11.1 Å². The van der Waals surface area contributed by atoms with Gasteiger partial charge in [0.1, 0.15) is 11.4 Å². The SMILES string of the molecule is NC(=O)C1(Cc2ccc(Cl)cc2)CN(C(=O)c2cc(-c3ccccn3)n[nH]2)C1. The standard InChI is InChI=1S/C20H18ClN5O2/c21-14-6-4-13(5-7-14)10-20(19(22)28)11-26(12-20)18(27)17-9-16(24-25-17)15-3-1-2-8-23-15/h1-9H,10-12H2,(H2,22,28)(H,24,25). The fourth-order valence-corrected chi connectivity index (χ4v) is 3.55. The molecule has 0 spiro atoms. The van der Waals surface area contributed by atoms with Gasteiger partial charge in [-0.3, -0.25) is 19.7 Å². The number of H-pyrrole nitrogens is 1. The molecule has 0 aliphatic carbocycles. The first-order valence-electron chi connectivity index (χ1n) is 8.77. The minimum Gasteiger partial charge on any atom is -0.369 e. The average molecular weight is 396 g/mol. The zero-order chi connectivity index (χ0) is 19.7. The Hall–Kier alpha value is -3.19. The first-order valence-corrected chi connectivity index (χ1v) is 9.15. The van der Waals surface area contributed by atoms with Gasteiger partial charge in [-0.25, -0.2) is 0 Å². The van der Waals surface area contributed by atoms with Crippen LogP contribution in [0.2, 0.25) is 5.02 Å². The number of hydrogen-bond donors (Lipinski definition) is 2. The highest BCUT2D eigenvalue weighted by Crippen LogP contribution is 2.35. The molecule has 0 unspecified atom stereocenters. The molecule has 1 saturated heterocycles. The van der Waals surface area contributed by atoms with Crippen LogP contribution in [0.15, 0.2) is 54.7 Å². The number of hydrogen-bond acceptors (Lipinski definition) is 4. The lowest BCUT2D eigenvalue weighted by atomic mass is 9.74. The third-order valence-electron chi connectivity index (χ3n) is 4.99. The Kier molecular flexibility index (Phi) is 4.60. The van der Waals surface area contributed by atoms with Crippen molar-refractivity contribution >= 4 is 23.4 Å². The summed E-state index contributed by atoms with van der Waals surface area (Å²) in [6.45, 7) is 0.531. The minimum atomic E-state index is -0.771. The van der Waals surface area contributed by atoms with Gasteiger partial charge in [0.05, 0.1) is 11.1 Å². The monoisotopic (exact) mass is 395 g/mol. The van der Waals surface area contributed by atoms with Crippen LogP contribution in [0.4, 0.5) is 0 Å². The number of likely N-dealkylation sites (tertiary alicyclic amines) is 1. The first kappa shape index (κ1) is 18.2. The van der Waals surface area contributed by atoms with Crippen molar-refractivity contribution in [1.29, 1.82) is 0 Å². The summed E-state index contributed by atoms with van der Waals surface area (Å²) in [7, 11) is 0. The van der Waals surface area contributed by atoms with Gasteiger partial charge in [0.2, 0.25) is 5.91 Å². The van der Waals surface area contributed by atoms with Crippen LogP contribution in [0.25, 0.3) is 11.4 Å². The summed E-state index contributed by atoms with van der Waals surface area (Å²) in [4.78, 5) is 30.7. The van der Waals surface area contributed by atoms with Crippen LogP contribution >= 0.6 is 11.6 Å². The van der Waals surface area contributed by atoms with E-state index in [4.69, 9.17) is 17.3 Å². The van der Waals surface area contributed by atoms with Gasteiger partial charge in [-0.15, -0.1) is 0 Å². The van der Waals surface area contributed by atoms with Crippen molar-refractivity contribution in [3.63, 3.8) is 0 Å². The van der Waals surface area contributed by atoms with E-state index in [0.717, 1.165) is 5.56 Å². The summed E-state index contributed by atoms with van der Waals surface area (Å²) in [6, 6.07) is 14.4. The highest BCUT2D eigenvalue weighted by atomic mass is 35.5. The maximum atomic E-state index is 12.7. The molecule has 0 saturated carbocycles. The smallest absolute Gasteiger partial charge is 0.271 e. The zero-order valence-electron chi connectivity index (χ0n) is 14.9. The molecule has 1 aliphatic rings. The predicted octanol–water partition coefficient (Wildman–Crippen LogP) is 2.30. The highest BCUT2D eigenvalue weighted by Gasteiger charge is 2.50. The van der Waals surface area contributed by atoms with Crippen molar-refractivity contribution in [2.45, 2.75) is 6.42 Å². The van der Waals surface area contributed by atoms with E-state index >= 15 is 0 Å². The van der Waals surface area contributed by atoms with Gasteiger partial charge in [0.25, 0.3) is 5.91 Å². The lowest BCUT2D eigenvalue weighted by Gasteiger charge is -2.48. The minimum absolute atomic E-state index is 0.220. The van der Waals surface area contributed by atoms with E-state index in [0.29, 0.717) is 28.5 Å². The maximum absolute atomic E-state index is 12.7. The van der Waals surface area contributed by atoms with Gasteiger partial charge in [-0.1, -0.05) is 29.8 Å². The van der Waals surface area contributed by atoms with E-state index in [9.17, 15) is 9.59 Å². The van der Waals surface area contributed by atoms with Crippen LogP contribution in [0, 0.1) is 5.41 Å². The molecular formula is C20H18ClN5O2. The Morgan fingerprint density at radius 1 is 1.14 bits per heavy atom. The molecule has 142 valence electrons. The van der Waals surface area contributed by atoms with Gasteiger partial charge in [0, 0.05) is 24.3 Å². The lowest BCUT2D eigenvalue weighted by Crippen LogP contribution is -2.64. The Bertz CT molecular complexity index is 1010. The van der Waals surface area contributed by atoms with Crippen LogP contribution in [0.5, 0.6) is 0 Å². The summed E-state index contributed by atoms with van der Waals surface area (Å²) in [5.74, 6) is -0.632. The summed E-state index contributed by atoms with van der Waals surface area (Å²) < 4.78 is 0. The molecule has 3 N–H and O–H groups in total. The Balaban J connectivity index is 1.46. The summed E-state index contributed by atoms with van der Waals surface area (Å²) in [5.41, 5.74) is 7.46. The third-order valence-corrected chi connectivity index (χ3v) is 5.24. The Morgan fingerprint density at radius 2 is 1.89 bits per heavy atom. The van der Waals surface area contributed by atoms with Crippen molar-refractivity contribution in [3.05, 3.63) is 71.0 Å². The number of nitrogens with zero attached hydrogens (tertiary/aromatic N) is 3. The van der Waals surface area contributed by atoms with Crippen LogP contribution in [-0.2, 0) is 11.2 Å². The molecule has 1 aliphatic heterocycles. The predicted molar refractivity (Wildman–Crippen MR) is 105 cm³/mol. The summed E-state index contributed by atoms with van der Waals surface area (Å²) in [5, 5.41) is 7.54. The number of nitrogens with one attached hydrogen (secondary N) is 1. The zero-order valence-corrected chi connectivity index (χ0v) is 15.7. The van der Waals surface area contributed by atoms with Gasteiger partial charge in [0.15, 0.2) is 0 Å². The van der Waals surface area contributed by atoms with E-state index in [1.807, 2.05) is 30.3 Å². The third kappa shape index (κ3) is 3.36. The molecule has 3 heterocycles. The number of carbonyl (C=O) groups excluding carboxylic acids is 2. The topological polar surface area (TPSA) is 105 Å². The molecule has 2 aromatic heterocycles. The van der Waals surface area contributed by atoms with E-state index < -0.39 is 11.3 Å². The van der Waals surface area contributed by atoms with E-state index in [1.54, 1.807) is 29.3 Å².